The van der Waals surface area contributed by atoms with Crippen LogP contribution in [0.2, 0.25) is 0 Å². The summed E-state index contributed by atoms with van der Waals surface area (Å²) in [5.41, 5.74) is 0. The molecule has 0 aromatic carbocycles. The third-order valence-electron chi connectivity index (χ3n) is 4.43. The lowest BCUT2D eigenvalue weighted by Gasteiger charge is -2.35. The van der Waals surface area contributed by atoms with Gasteiger partial charge in [0.25, 0.3) is 0 Å². The monoisotopic (exact) mass is 428 g/mol. The molecule has 2 atom stereocenters. The molecule has 11 heteroatoms. The van der Waals surface area contributed by atoms with Crippen LogP contribution in [0.25, 0.3) is 0 Å². The van der Waals surface area contributed by atoms with Crippen LogP contribution in [0, 0.1) is 6.92 Å². The number of rotatable bonds is 6. The highest BCUT2D eigenvalue weighted by atomic mass is 35.5. The minimum atomic E-state index is -0.388. The van der Waals surface area contributed by atoms with Crippen molar-refractivity contribution >= 4 is 41.8 Å². The third kappa shape index (κ3) is 5.27. The molecule has 1 fully saturated rings. The molecule has 0 aliphatic carbocycles. The first-order valence-corrected chi connectivity index (χ1v) is 9.83. The zero-order valence-corrected chi connectivity index (χ0v) is 17.7. The lowest BCUT2D eigenvalue weighted by Crippen LogP contribution is -2.50. The number of aryl methyl sites for hydroxylation is 2. The van der Waals surface area contributed by atoms with E-state index in [-0.39, 0.29) is 41.3 Å². The van der Waals surface area contributed by atoms with Crippen molar-refractivity contribution < 1.29 is 14.1 Å². The molecule has 0 bridgehead atoms. The van der Waals surface area contributed by atoms with Gasteiger partial charge in [0.2, 0.25) is 11.8 Å². The van der Waals surface area contributed by atoms with E-state index < -0.39 is 0 Å². The van der Waals surface area contributed by atoms with Crippen LogP contribution in [0.5, 0.6) is 0 Å². The second-order valence-electron chi connectivity index (χ2n) is 6.47. The van der Waals surface area contributed by atoms with Gasteiger partial charge in [-0.15, -0.1) is 24.2 Å². The number of hydrogen-bond acceptors (Lipinski definition) is 7. The molecule has 1 saturated heterocycles. The molecule has 154 valence electrons. The van der Waals surface area contributed by atoms with Gasteiger partial charge in [-0.2, -0.15) is 0 Å². The van der Waals surface area contributed by atoms with E-state index in [9.17, 15) is 9.59 Å². The minimum absolute atomic E-state index is 0. The number of thioether (sulfide) groups is 1. The summed E-state index contributed by atoms with van der Waals surface area (Å²) in [4.78, 5) is 31.3. The summed E-state index contributed by atoms with van der Waals surface area (Å²) in [5, 5.41) is 9.36. The van der Waals surface area contributed by atoms with Crippen molar-refractivity contribution in [1.29, 1.82) is 0 Å². The van der Waals surface area contributed by atoms with E-state index in [1.807, 2.05) is 22.7 Å². The zero-order valence-electron chi connectivity index (χ0n) is 16.0. The summed E-state index contributed by atoms with van der Waals surface area (Å²) in [7, 11) is 1.92. The van der Waals surface area contributed by atoms with E-state index in [1.54, 1.807) is 26.1 Å². The second-order valence-corrected chi connectivity index (χ2v) is 7.80. The summed E-state index contributed by atoms with van der Waals surface area (Å²) in [6, 6.07) is 1.55. The van der Waals surface area contributed by atoms with Crippen molar-refractivity contribution in [2.45, 2.75) is 25.1 Å². The molecule has 9 nitrogen and oxygen atoms in total. The maximum absolute atomic E-state index is 12.8. The summed E-state index contributed by atoms with van der Waals surface area (Å²) < 4.78 is 6.86. The Morgan fingerprint density at radius 1 is 1.50 bits per heavy atom. The maximum Gasteiger partial charge on any atom is 0.238 e. The Kier molecular flexibility index (Phi) is 7.90. The molecule has 2 unspecified atom stereocenters. The van der Waals surface area contributed by atoms with E-state index >= 15 is 0 Å². The second kappa shape index (κ2) is 9.94. The fraction of sp³-hybridized carbons (Fsp3) is 0.529. The normalized spacial score (nSPS) is 17.7. The SMILES string of the molecule is Cc1cc(NC(=O)C(C)SCC(=O)N2CCNCC2c2nccn2C)no1.Cl. The number of anilines is 1. The van der Waals surface area contributed by atoms with Gasteiger partial charge in [0.05, 0.1) is 11.0 Å². The predicted molar refractivity (Wildman–Crippen MR) is 110 cm³/mol. The lowest BCUT2D eigenvalue weighted by molar-refractivity contribution is -0.131. The van der Waals surface area contributed by atoms with Crippen molar-refractivity contribution in [3.63, 3.8) is 0 Å². The molecular formula is C17H25ClN6O3S. The highest BCUT2D eigenvalue weighted by Gasteiger charge is 2.30. The fourth-order valence-corrected chi connectivity index (χ4v) is 3.71. The number of halogens is 1. The molecular weight excluding hydrogens is 404 g/mol. The van der Waals surface area contributed by atoms with E-state index in [0.717, 1.165) is 12.4 Å². The Bertz CT molecular complexity index is 810. The number of nitrogens with zero attached hydrogens (tertiary/aromatic N) is 4. The topological polar surface area (TPSA) is 105 Å². The highest BCUT2D eigenvalue weighted by molar-refractivity contribution is 8.01. The van der Waals surface area contributed by atoms with Gasteiger partial charge in [-0.3, -0.25) is 9.59 Å². The van der Waals surface area contributed by atoms with Gasteiger partial charge in [-0.25, -0.2) is 4.98 Å². The van der Waals surface area contributed by atoms with Gasteiger partial charge in [0.1, 0.15) is 17.6 Å². The number of hydrogen-bond donors (Lipinski definition) is 2. The van der Waals surface area contributed by atoms with Gasteiger partial charge in [-0.05, 0) is 13.8 Å². The average Bonchev–Trinajstić information content (AvgIpc) is 3.27. The van der Waals surface area contributed by atoms with Crippen LogP contribution in [0.15, 0.2) is 23.0 Å². The smallest absolute Gasteiger partial charge is 0.238 e. The van der Waals surface area contributed by atoms with Crippen molar-refractivity contribution in [3.8, 4) is 0 Å². The Morgan fingerprint density at radius 3 is 2.93 bits per heavy atom. The Hall–Kier alpha value is -2.04. The highest BCUT2D eigenvalue weighted by Crippen LogP contribution is 2.23. The zero-order chi connectivity index (χ0) is 19.4. The van der Waals surface area contributed by atoms with Gasteiger partial charge >= 0.3 is 0 Å². The Labute approximate surface area is 174 Å². The Morgan fingerprint density at radius 2 is 2.29 bits per heavy atom. The van der Waals surface area contributed by atoms with E-state index in [1.165, 1.54) is 11.8 Å². The summed E-state index contributed by atoms with van der Waals surface area (Å²) in [6.45, 7) is 5.57. The largest absolute Gasteiger partial charge is 0.360 e. The molecule has 3 rings (SSSR count). The molecule has 1 aliphatic rings. The van der Waals surface area contributed by atoms with Crippen molar-refractivity contribution in [3.05, 3.63) is 30.0 Å². The van der Waals surface area contributed by atoms with Crippen molar-refractivity contribution in [2.24, 2.45) is 7.05 Å². The van der Waals surface area contributed by atoms with Crippen LogP contribution in [0.1, 0.15) is 24.6 Å². The number of nitrogens with one attached hydrogen (secondary N) is 2. The van der Waals surface area contributed by atoms with Crippen molar-refractivity contribution in [2.75, 3.05) is 30.7 Å². The van der Waals surface area contributed by atoms with Crippen LogP contribution in [0.4, 0.5) is 5.82 Å². The van der Waals surface area contributed by atoms with Crippen LogP contribution < -0.4 is 10.6 Å². The molecule has 2 aromatic heterocycles. The number of amides is 2. The summed E-state index contributed by atoms with van der Waals surface area (Å²) in [5.74, 6) is 1.89. The first kappa shape index (κ1) is 22.3. The molecule has 28 heavy (non-hydrogen) atoms. The molecule has 2 amide bonds. The molecule has 2 N–H and O–H groups in total. The van der Waals surface area contributed by atoms with E-state index in [0.29, 0.717) is 24.7 Å². The van der Waals surface area contributed by atoms with Gasteiger partial charge in [0, 0.05) is 45.1 Å². The number of aromatic nitrogens is 3. The molecule has 0 saturated carbocycles. The summed E-state index contributed by atoms with van der Waals surface area (Å²) >= 11 is 1.31. The molecule has 1 aliphatic heterocycles. The number of imidazole rings is 1. The van der Waals surface area contributed by atoms with E-state index in [2.05, 4.69) is 20.8 Å². The molecule has 2 aromatic rings. The fourth-order valence-electron chi connectivity index (χ4n) is 2.94. The number of carbonyl (C=O) groups is 2. The van der Waals surface area contributed by atoms with E-state index in [4.69, 9.17) is 4.52 Å². The molecule has 3 heterocycles. The van der Waals surface area contributed by atoms with Gasteiger partial charge in [0.15, 0.2) is 5.82 Å². The van der Waals surface area contributed by atoms with Crippen molar-refractivity contribution in [1.82, 2.24) is 24.9 Å². The Balaban J connectivity index is 0.00000280. The number of piperazine rings is 1. The standard InChI is InChI=1S/C17H24N6O3S.ClH/c1-11-8-14(21-26-11)20-17(25)12(2)27-10-15(24)23-7-4-18-9-13(23)16-19-5-6-22(16)3;/h5-6,8,12-13,18H,4,7,9-10H2,1-3H3,(H,20,21,25);1H. The molecule has 0 radical (unpaired) electrons. The van der Waals surface area contributed by atoms with Crippen LogP contribution in [-0.2, 0) is 16.6 Å². The first-order chi connectivity index (χ1) is 13.0. The lowest BCUT2D eigenvalue weighted by atomic mass is 10.1. The predicted octanol–water partition coefficient (Wildman–Crippen LogP) is 1.37. The average molecular weight is 429 g/mol. The summed E-state index contributed by atoms with van der Waals surface area (Å²) in [6.07, 6.45) is 3.61. The van der Waals surface area contributed by atoms with Gasteiger partial charge in [-0.1, -0.05) is 5.16 Å². The van der Waals surface area contributed by atoms with Crippen LogP contribution in [-0.4, -0.2) is 62.1 Å². The van der Waals surface area contributed by atoms with Crippen LogP contribution >= 0.6 is 24.2 Å². The first-order valence-electron chi connectivity index (χ1n) is 8.79. The van der Waals surface area contributed by atoms with Gasteiger partial charge < -0.3 is 24.6 Å². The maximum atomic E-state index is 12.8. The quantitative estimate of drug-likeness (QED) is 0.715. The van der Waals surface area contributed by atoms with Crippen LogP contribution in [0.3, 0.4) is 0 Å². The third-order valence-corrected chi connectivity index (χ3v) is 5.55. The minimum Gasteiger partial charge on any atom is -0.360 e. The molecule has 0 spiro atoms. The number of carbonyl (C=O) groups excluding carboxylic acids is 2.